The molecule has 1 heterocycles. The molecule has 0 fully saturated rings. The first-order chi connectivity index (χ1) is 14.3. The lowest BCUT2D eigenvalue weighted by atomic mass is 10.1. The summed E-state index contributed by atoms with van der Waals surface area (Å²) in [7, 11) is -1.31. The third-order valence-corrected chi connectivity index (χ3v) is 5.63. The van der Waals surface area contributed by atoms with Crippen LogP contribution in [-0.4, -0.2) is 21.4 Å². The Balaban J connectivity index is 1.56. The SMILES string of the molecule is N#CN=C(CCCNS(=O)c1ccccc1-c1ccccc1)Cc1ccncc1. The van der Waals surface area contributed by atoms with Crippen LogP contribution in [0, 0.1) is 11.5 Å². The molecule has 3 rings (SSSR count). The third-order valence-electron chi connectivity index (χ3n) is 4.41. The molecule has 0 bridgehead atoms. The van der Waals surface area contributed by atoms with E-state index in [9.17, 15) is 4.21 Å². The summed E-state index contributed by atoms with van der Waals surface area (Å²) in [5.74, 6) is 0. The molecular formula is C23H22N4OS. The minimum atomic E-state index is -1.31. The highest BCUT2D eigenvalue weighted by molar-refractivity contribution is 7.83. The van der Waals surface area contributed by atoms with Gasteiger partial charge in [0.1, 0.15) is 11.0 Å². The summed E-state index contributed by atoms with van der Waals surface area (Å²) in [5, 5.41) is 8.93. The van der Waals surface area contributed by atoms with Gasteiger partial charge in [-0.25, -0.2) is 8.93 Å². The number of aromatic nitrogens is 1. The van der Waals surface area contributed by atoms with Crippen LogP contribution in [0.15, 0.2) is 89.0 Å². The molecule has 1 aromatic heterocycles. The molecule has 0 aliphatic rings. The maximum absolute atomic E-state index is 12.8. The van der Waals surface area contributed by atoms with Crippen LogP contribution in [0.2, 0.25) is 0 Å². The molecule has 0 aliphatic carbocycles. The minimum absolute atomic E-state index is 0.566. The molecule has 0 saturated heterocycles. The van der Waals surface area contributed by atoms with Crippen molar-refractivity contribution in [2.75, 3.05) is 6.54 Å². The molecule has 0 saturated carbocycles. The van der Waals surface area contributed by atoms with E-state index in [0.717, 1.165) is 33.7 Å². The highest BCUT2D eigenvalue weighted by Gasteiger charge is 2.11. The van der Waals surface area contributed by atoms with Gasteiger partial charge in [0.15, 0.2) is 0 Å². The molecule has 0 radical (unpaired) electrons. The quantitative estimate of drug-likeness (QED) is 0.329. The Kier molecular flexibility index (Phi) is 7.81. The van der Waals surface area contributed by atoms with Crippen LogP contribution in [0.1, 0.15) is 18.4 Å². The number of hydrogen-bond donors (Lipinski definition) is 1. The predicted octanol–water partition coefficient (Wildman–Crippen LogP) is 4.31. The number of benzene rings is 2. The van der Waals surface area contributed by atoms with Gasteiger partial charge in [-0.2, -0.15) is 10.3 Å². The van der Waals surface area contributed by atoms with Crippen LogP contribution in [0.5, 0.6) is 0 Å². The second-order valence-corrected chi connectivity index (χ2v) is 7.71. The lowest BCUT2D eigenvalue weighted by molar-refractivity contribution is 0.669. The summed E-state index contributed by atoms with van der Waals surface area (Å²) >= 11 is 0. The largest absolute Gasteiger partial charge is 0.265 e. The zero-order chi connectivity index (χ0) is 20.3. The lowest BCUT2D eigenvalue weighted by Gasteiger charge is -2.11. The van der Waals surface area contributed by atoms with E-state index in [1.807, 2.05) is 72.9 Å². The fourth-order valence-electron chi connectivity index (χ4n) is 3.01. The fraction of sp³-hybridized carbons (Fsp3) is 0.174. The number of rotatable bonds is 9. The van der Waals surface area contributed by atoms with Gasteiger partial charge in [0.2, 0.25) is 6.19 Å². The maximum Gasteiger partial charge on any atom is 0.205 e. The summed E-state index contributed by atoms with van der Waals surface area (Å²) in [5.41, 5.74) is 3.89. The van der Waals surface area contributed by atoms with Crippen molar-refractivity contribution in [2.45, 2.75) is 24.2 Å². The number of hydrogen-bond acceptors (Lipinski definition) is 4. The standard InChI is InChI=1S/C23H22N4OS/c24-18-26-21(17-19-12-15-25-16-13-19)9-6-14-27-29(28)23-11-5-4-10-22(23)20-7-2-1-3-8-20/h1-5,7-8,10-13,15-16,27H,6,9,14,17H2. The Hall–Kier alpha value is -3.14. The Morgan fingerprint density at radius 3 is 2.52 bits per heavy atom. The first-order valence-electron chi connectivity index (χ1n) is 9.41. The maximum atomic E-state index is 12.8. The Morgan fingerprint density at radius 2 is 1.76 bits per heavy atom. The van der Waals surface area contributed by atoms with Gasteiger partial charge >= 0.3 is 0 Å². The summed E-state index contributed by atoms with van der Waals surface area (Å²) in [6, 6.07) is 21.5. The van der Waals surface area contributed by atoms with E-state index >= 15 is 0 Å². The van der Waals surface area contributed by atoms with E-state index in [1.54, 1.807) is 12.4 Å². The van der Waals surface area contributed by atoms with E-state index < -0.39 is 11.0 Å². The highest BCUT2D eigenvalue weighted by atomic mass is 32.2. The first-order valence-corrected chi connectivity index (χ1v) is 10.6. The van der Waals surface area contributed by atoms with E-state index in [0.29, 0.717) is 19.4 Å². The van der Waals surface area contributed by atoms with Crippen LogP contribution in [0.3, 0.4) is 0 Å². The molecule has 29 heavy (non-hydrogen) atoms. The Morgan fingerprint density at radius 1 is 1.03 bits per heavy atom. The normalized spacial score (nSPS) is 12.3. The van der Waals surface area contributed by atoms with Crippen molar-refractivity contribution in [3.8, 4) is 17.3 Å². The van der Waals surface area contributed by atoms with Gasteiger partial charge < -0.3 is 0 Å². The molecule has 1 unspecified atom stereocenters. The van der Waals surface area contributed by atoms with Crippen LogP contribution in [-0.2, 0) is 17.4 Å². The number of nitrogens with zero attached hydrogens (tertiary/aromatic N) is 3. The second-order valence-electron chi connectivity index (χ2n) is 6.44. The number of aliphatic imine (C=N–C) groups is 1. The van der Waals surface area contributed by atoms with Crippen molar-refractivity contribution in [1.29, 1.82) is 5.26 Å². The summed E-state index contributed by atoms with van der Waals surface area (Å²) < 4.78 is 15.9. The molecule has 2 aromatic carbocycles. The Bertz CT molecular complexity index is 1010. The van der Waals surface area contributed by atoms with Gasteiger partial charge in [-0.3, -0.25) is 4.98 Å². The average molecular weight is 403 g/mol. The van der Waals surface area contributed by atoms with Crippen molar-refractivity contribution in [3.63, 3.8) is 0 Å². The van der Waals surface area contributed by atoms with Crippen molar-refractivity contribution in [3.05, 3.63) is 84.7 Å². The van der Waals surface area contributed by atoms with E-state index in [1.165, 1.54) is 0 Å². The smallest absolute Gasteiger partial charge is 0.205 e. The van der Waals surface area contributed by atoms with E-state index in [4.69, 9.17) is 5.26 Å². The van der Waals surface area contributed by atoms with Crippen molar-refractivity contribution >= 4 is 16.7 Å². The molecule has 146 valence electrons. The highest BCUT2D eigenvalue weighted by Crippen LogP contribution is 2.25. The fourth-order valence-corrected chi connectivity index (χ4v) is 4.08. The molecule has 0 amide bonds. The van der Waals surface area contributed by atoms with Crippen molar-refractivity contribution < 1.29 is 4.21 Å². The lowest BCUT2D eigenvalue weighted by Crippen LogP contribution is -2.20. The molecular weight excluding hydrogens is 380 g/mol. The molecule has 1 atom stereocenters. The molecule has 3 aromatic rings. The zero-order valence-corrected chi connectivity index (χ0v) is 16.8. The zero-order valence-electron chi connectivity index (χ0n) is 16.0. The van der Waals surface area contributed by atoms with Crippen molar-refractivity contribution in [2.24, 2.45) is 4.99 Å². The molecule has 1 N–H and O–H groups in total. The van der Waals surface area contributed by atoms with E-state index in [-0.39, 0.29) is 0 Å². The average Bonchev–Trinajstić information content (AvgIpc) is 2.78. The van der Waals surface area contributed by atoms with Gasteiger partial charge in [-0.05, 0) is 47.7 Å². The third kappa shape index (κ3) is 6.18. The van der Waals surface area contributed by atoms with Gasteiger partial charge in [0.25, 0.3) is 0 Å². The van der Waals surface area contributed by atoms with Crippen molar-refractivity contribution in [1.82, 2.24) is 9.71 Å². The number of nitrogens with one attached hydrogen (secondary N) is 1. The monoisotopic (exact) mass is 402 g/mol. The van der Waals surface area contributed by atoms with Crippen LogP contribution < -0.4 is 4.72 Å². The first kappa shape index (κ1) is 20.6. The number of nitriles is 1. The van der Waals surface area contributed by atoms with Gasteiger partial charge in [0, 0.05) is 31.1 Å². The minimum Gasteiger partial charge on any atom is -0.265 e. The van der Waals surface area contributed by atoms with E-state index in [2.05, 4.69) is 14.7 Å². The van der Waals surface area contributed by atoms with Crippen LogP contribution in [0.4, 0.5) is 0 Å². The summed E-state index contributed by atoms with van der Waals surface area (Å²) in [6.45, 7) is 0.566. The van der Waals surface area contributed by atoms with Gasteiger partial charge in [0.05, 0.1) is 4.90 Å². The molecule has 0 spiro atoms. The van der Waals surface area contributed by atoms with Crippen LogP contribution >= 0.6 is 0 Å². The number of pyridine rings is 1. The van der Waals surface area contributed by atoms with Gasteiger partial charge in [-0.15, -0.1) is 0 Å². The summed E-state index contributed by atoms with van der Waals surface area (Å²) in [4.78, 5) is 8.71. The Labute approximate surface area is 173 Å². The van der Waals surface area contributed by atoms with Gasteiger partial charge in [-0.1, -0.05) is 48.5 Å². The molecule has 6 heteroatoms. The molecule has 0 aliphatic heterocycles. The van der Waals surface area contributed by atoms with Crippen LogP contribution in [0.25, 0.3) is 11.1 Å². The summed E-state index contributed by atoms with van der Waals surface area (Å²) in [6.07, 6.45) is 7.37. The second kappa shape index (κ2) is 11.0. The topological polar surface area (TPSA) is 78.1 Å². The predicted molar refractivity (Wildman–Crippen MR) is 117 cm³/mol. The molecule has 5 nitrogen and oxygen atoms in total.